The molecule has 0 bridgehead atoms. The van der Waals surface area contributed by atoms with E-state index in [-0.39, 0.29) is 12.6 Å². The second-order valence-electron chi connectivity index (χ2n) is 4.82. The van der Waals surface area contributed by atoms with Crippen molar-refractivity contribution in [3.05, 3.63) is 52.8 Å². The molecule has 114 valence electrons. The van der Waals surface area contributed by atoms with Crippen LogP contribution < -0.4 is 10.6 Å². The van der Waals surface area contributed by atoms with Gasteiger partial charge in [-0.3, -0.25) is 0 Å². The summed E-state index contributed by atoms with van der Waals surface area (Å²) in [6, 6.07) is 7.98. The molecule has 1 rings (SSSR count). The summed E-state index contributed by atoms with van der Waals surface area (Å²) < 4.78 is 0.744. The Hall–Kier alpha value is -1.59. The van der Waals surface area contributed by atoms with E-state index in [0.717, 1.165) is 16.0 Å². The Labute approximate surface area is 134 Å². The molecule has 1 unspecified atom stereocenters. The van der Waals surface area contributed by atoms with E-state index in [0.29, 0.717) is 5.82 Å². The summed E-state index contributed by atoms with van der Waals surface area (Å²) in [6.07, 6.45) is 1.66. The fraction of sp³-hybridized carbons (Fsp3) is 0.312. The number of anilines is 1. The Kier molecular flexibility index (Phi) is 7.19. The van der Waals surface area contributed by atoms with Crippen molar-refractivity contribution >= 4 is 27.5 Å². The molecule has 1 aromatic rings. The zero-order valence-corrected chi connectivity index (χ0v) is 14.2. The van der Waals surface area contributed by atoms with Gasteiger partial charge in [-0.2, -0.15) is 0 Å². The topological polar surface area (TPSA) is 56.7 Å². The number of aliphatic hydroxyl groups is 1. The standard InChI is InChI=1S/C16H22BrN3O/c1-5-15(17)16(18-12(3)10-21)20-13(4)19-14-8-6-7-11(2)9-14/h5-9,12,18,21H,1,10H2,2-4H3,(H,19,20)/b16-15+. The first-order valence-corrected chi connectivity index (χ1v) is 7.54. The van der Waals surface area contributed by atoms with E-state index in [1.54, 1.807) is 6.08 Å². The first kappa shape index (κ1) is 17.5. The Morgan fingerprint density at radius 1 is 1.52 bits per heavy atom. The number of allylic oxidation sites excluding steroid dienone is 2. The molecule has 0 radical (unpaired) electrons. The third kappa shape index (κ3) is 6.14. The molecule has 0 spiro atoms. The minimum atomic E-state index is -0.0944. The van der Waals surface area contributed by atoms with Crippen LogP contribution in [-0.2, 0) is 0 Å². The largest absolute Gasteiger partial charge is 0.394 e. The lowest BCUT2D eigenvalue weighted by atomic mass is 10.2. The maximum Gasteiger partial charge on any atom is 0.142 e. The normalized spacial score (nSPS) is 14.2. The Morgan fingerprint density at radius 3 is 2.81 bits per heavy atom. The molecule has 0 aliphatic rings. The number of aliphatic hydroxyl groups excluding tert-OH is 1. The molecular formula is C16H22BrN3O. The van der Waals surface area contributed by atoms with Crippen molar-refractivity contribution in [3.8, 4) is 0 Å². The number of hydrogen-bond donors (Lipinski definition) is 3. The molecule has 0 aromatic heterocycles. The quantitative estimate of drug-likeness (QED) is 0.417. The lowest BCUT2D eigenvalue weighted by Crippen LogP contribution is -2.29. The second kappa shape index (κ2) is 8.64. The molecule has 5 heteroatoms. The SMILES string of the molecule is C=C/C(Br)=C(\N=C(/C)Nc1cccc(C)c1)NC(C)CO. The third-order valence-electron chi connectivity index (χ3n) is 2.69. The lowest BCUT2D eigenvalue weighted by Gasteiger charge is -2.15. The predicted octanol–water partition coefficient (Wildman–Crippen LogP) is 3.55. The van der Waals surface area contributed by atoms with Gasteiger partial charge in [0.1, 0.15) is 11.7 Å². The molecule has 1 aromatic carbocycles. The van der Waals surface area contributed by atoms with Crippen LogP contribution >= 0.6 is 15.9 Å². The minimum absolute atomic E-state index is 0.0286. The number of amidine groups is 1. The molecule has 0 aliphatic heterocycles. The number of aliphatic imine (C=N–C) groups is 1. The summed E-state index contributed by atoms with van der Waals surface area (Å²) in [4.78, 5) is 4.50. The maximum atomic E-state index is 9.15. The summed E-state index contributed by atoms with van der Waals surface area (Å²) in [5.74, 6) is 1.37. The van der Waals surface area contributed by atoms with Crippen LogP contribution in [0, 0.1) is 6.92 Å². The van der Waals surface area contributed by atoms with Gasteiger partial charge in [-0.1, -0.05) is 24.8 Å². The Morgan fingerprint density at radius 2 is 2.24 bits per heavy atom. The molecule has 0 amide bonds. The number of nitrogens with one attached hydrogen (secondary N) is 2. The highest BCUT2D eigenvalue weighted by atomic mass is 79.9. The van der Waals surface area contributed by atoms with E-state index >= 15 is 0 Å². The van der Waals surface area contributed by atoms with E-state index in [2.05, 4.69) is 44.2 Å². The molecule has 1 atom stereocenters. The van der Waals surface area contributed by atoms with Gasteiger partial charge in [-0.05, 0) is 54.4 Å². The fourth-order valence-electron chi connectivity index (χ4n) is 1.66. The molecule has 0 saturated carbocycles. The van der Waals surface area contributed by atoms with Crippen LogP contribution in [0.15, 0.2) is 52.2 Å². The van der Waals surface area contributed by atoms with Crippen LogP contribution in [-0.4, -0.2) is 23.6 Å². The molecular weight excluding hydrogens is 330 g/mol. The van der Waals surface area contributed by atoms with Crippen molar-refractivity contribution in [2.45, 2.75) is 26.8 Å². The molecule has 21 heavy (non-hydrogen) atoms. The third-order valence-corrected chi connectivity index (χ3v) is 3.38. The van der Waals surface area contributed by atoms with Gasteiger partial charge < -0.3 is 15.7 Å². The average molecular weight is 352 g/mol. The highest BCUT2D eigenvalue weighted by Gasteiger charge is 2.06. The van der Waals surface area contributed by atoms with Crippen LogP contribution in [0.4, 0.5) is 5.69 Å². The molecule has 3 N–H and O–H groups in total. The van der Waals surface area contributed by atoms with E-state index in [1.165, 1.54) is 5.56 Å². The summed E-state index contributed by atoms with van der Waals surface area (Å²) in [5.41, 5.74) is 2.17. The van der Waals surface area contributed by atoms with Gasteiger partial charge in [0.05, 0.1) is 11.1 Å². The van der Waals surface area contributed by atoms with Gasteiger partial charge in [0.25, 0.3) is 0 Å². The number of aryl methyl sites for hydroxylation is 1. The summed E-state index contributed by atoms with van der Waals surface area (Å²) in [5, 5.41) is 15.5. The first-order valence-electron chi connectivity index (χ1n) is 6.74. The van der Waals surface area contributed by atoms with E-state index < -0.39 is 0 Å². The van der Waals surface area contributed by atoms with Crippen molar-refractivity contribution in [1.82, 2.24) is 5.32 Å². The van der Waals surface area contributed by atoms with E-state index in [9.17, 15) is 0 Å². The molecule has 0 aliphatic carbocycles. The highest BCUT2D eigenvalue weighted by molar-refractivity contribution is 9.11. The van der Waals surface area contributed by atoms with Gasteiger partial charge in [0, 0.05) is 11.7 Å². The lowest BCUT2D eigenvalue weighted by molar-refractivity contribution is 0.258. The number of hydrogen-bond acceptors (Lipinski definition) is 3. The summed E-state index contributed by atoms with van der Waals surface area (Å²) >= 11 is 3.41. The van der Waals surface area contributed by atoms with Crippen LogP contribution in [0.25, 0.3) is 0 Å². The molecule has 0 fully saturated rings. The Bertz CT molecular complexity index is 552. The smallest absolute Gasteiger partial charge is 0.142 e. The summed E-state index contributed by atoms with van der Waals surface area (Å²) in [7, 11) is 0. The van der Waals surface area contributed by atoms with Crippen molar-refractivity contribution in [2.75, 3.05) is 11.9 Å². The van der Waals surface area contributed by atoms with Gasteiger partial charge in [-0.25, -0.2) is 4.99 Å². The number of rotatable bonds is 6. The number of benzene rings is 1. The van der Waals surface area contributed by atoms with Crippen molar-refractivity contribution in [1.29, 1.82) is 0 Å². The Balaban J connectivity index is 2.92. The molecule has 4 nitrogen and oxygen atoms in total. The maximum absolute atomic E-state index is 9.15. The second-order valence-corrected chi connectivity index (χ2v) is 5.67. The van der Waals surface area contributed by atoms with Gasteiger partial charge in [0.15, 0.2) is 0 Å². The zero-order valence-electron chi connectivity index (χ0n) is 12.7. The van der Waals surface area contributed by atoms with Crippen LogP contribution in [0.3, 0.4) is 0 Å². The van der Waals surface area contributed by atoms with E-state index in [4.69, 9.17) is 5.11 Å². The van der Waals surface area contributed by atoms with Gasteiger partial charge in [-0.15, -0.1) is 0 Å². The average Bonchev–Trinajstić information content (AvgIpc) is 2.45. The number of nitrogens with zero attached hydrogens (tertiary/aromatic N) is 1. The van der Waals surface area contributed by atoms with Crippen molar-refractivity contribution < 1.29 is 5.11 Å². The van der Waals surface area contributed by atoms with Crippen molar-refractivity contribution in [2.24, 2.45) is 4.99 Å². The molecule has 0 heterocycles. The predicted molar refractivity (Wildman–Crippen MR) is 93.7 cm³/mol. The number of halogens is 1. The van der Waals surface area contributed by atoms with Crippen LogP contribution in [0.2, 0.25) is 0 Å². The van der Waals surface area contributed by atoms with E-state index in [1.807, 2.05) is 39.0 Å². The van der Waals surface area contributed by atoms with Crippen molar-refractivity contribution in [3.63, 3.8) is 0 Å². The van der Waals surface area contributed by atoms with Crippen LogP contribution in [0.1, 0.15) is 19.4 Å². The van der Waals surface area contributed by atoms with Gasteiger partial charge in [0.2, 0.25) is 0 Å². The monoisotopic (exact) mass is 351 g/mol. The first-order chi connectivity index (χ1) is 9.96. The molecule has 0 saturated heterocycles. The van der Waals surface area contributed by atoms with Crippen LogP contribution in [0.5, 0.6) is 0 Å². The summed E-state index contributed by atoms with van der Waals surface area (Å²) in [6.45, 7) is 9.56. The van der Waals surface area contributed by atoms with Gasteiger partial charge >= 0.3 is 0 Å². The highest BCUT2D eigenvalue weighted by Crippen LogP contribution is 2.14. The zero-order chi connectivity index (χ0) is 15.8. The fourth-order valence-corrected chi connectivity index (χ4v) is 1.86. The minimum Gasteiger partial charge on any atom is -0.394 e.